The molecule has 266 valence electrons. The summed E-state index contributed by atoms with van der Waals surface area (Å²) in [7, 11) is 0. The van der Waals surface area contributed by atoms with Crippen LogP contribution in [0.5, 0.6) is 5.75 Å². The molecule has 0 fully saturated rings. The van der Waals surface area contributed by atoms with Crippen molar-refractivity contribution in [2.75, 3.05) is 0 Å². The van der Waals surface area contributed by atoms with Crippen LogP contribution in [0.2, 0.25) is 0 Å². The first kappa shape index (κ1) is 32.7. The number of aromatic nitrogens is 3. The number of imidazole rings is 1. The molecule has 1 aliphatic carbocycles. The number of aromatic hydroxyl groups is 1. The van der Waals surface area contributed by atoms with Crippen LogP contribution in [0.25, 0.3) is 89.0 Å². The van der Waals surface area contributed by atoms with Gasteiger partial charge >= 0.3 is 0 Å². The van der Waals surface area contributed by atoms with Gasteiger partial charge in [0.1, 0.15) is 22.6 Å². The highest BCUT2D eigenvalue weighted by Crippen LogP contribution is 2.48. The van der Waals surface area contributed by atoms with Crippen molar-refractivity contribution < 1.29 is 9.52 Å². The average Bonchev–Trinajstić information content (AvgIpc) is 3.76. The van der Waals surface area contributed by atoms with E-state index in [-0.39, 0.29) is 22.0 Å². The van der Waals surface area contributed by atoms with Crippen molar-refractivity contribution in [2.45, 2.75) is 71.6 Å². The number of benzene rings is 5. The molecular weight excluding hydrogens is 663 g/mol. The Kier molecular flexibility index (Phi) is 6.55. The standard InChI is InChI=1S/C49H43N3O2/c1-47(2,3)31-22-29(21-30(23-31)35-24-28(19-20-50-35)27-13-10-9-11-14-27)32-15-12-16-36-44(32)51-46-43-42-39(25-34(45(43)53)48(4,5)6)54-38-18-17-33-40(41(38)42)37(52(36)46)26-49(33,7)8/h9-26,53H,1-8H3. The summed E-state index contributed by atoms with van der Waals surface area (Å²) in [5.41, 5.74) is 13.2. The molecule has 5 nitrogen and oxygen atoms in total. The zero-order valence-electron chi connectivity index (χ0n) is 32.1. The third-order valence-electron chi connectivity index (χ3n) is 11.6. The first-order valence-corrected chi connectivity index (χ1v) is 18.9. The van der Waals surface area contributed by atoms with Crippen LogP contribution in [0.1, 0.15) is 72.1 Å². The smallest absolute Gasteiger partial charge is 0.150 e. The summed E-state index contributed by atoms with van der Waals surface area (Å²) in [6, 6.07) is 34.4. The third-order valence-corrected chi connectivity index (χ3v) is 11.6. The highest BCUT2D eigenvalue weighted by molar-refractivity contribution is 6.26. The van der Waals surface area contributed by atoms with Crippen LogP contribution in [0.15, 0.2) is 108 Å². The Bertz CT molecular complexity index is 3090. The molecule has 4 heterocycles. The monoisotopic (exact) mass is 705 g/mol. The molecule has 54 heavy (non-hydrogen) atoms. The van der Waals surface area contributed by atoms with Crippen molar-refractivity contribution in [2.24, 2.45) is 0 Å². The molecule has 4 aromatic heterocycles. The van der Waals surface area contributed by atoms with E-state index >= 15 is 0 Å². The number of para-hydroxylation sites is 1. The Balaban J connectivity index is 1.33. The van der Waals surface area contributed by atoms with E-state index in [2.05, 4.69) is 151 Å². The fourth-order valence-corrected chi connectivity index (χ4v) is 8.78. The topological polar surface area (TPSA) is 63.6 Å². The predicted octanol–water partition coefficient (Wildman–Crippen LogP) is 12.0. The number of hydrogen-bond donors (Lipinski definition) is 1. The fraction of sp³-hybridized carbons (Fsp3) is 0.224. The fourth-order valence-electron chi connectivity index (χ4n) is 8.78. The van der Waals surface area contributed by atoms with Crippen LogP contribution in [-0.2, 0) is 16.2 Å². The molecule has 1 aliphatic rings. The molecule has 0 saturated heterocycles. The van der Waals surface area contributed by atoms with E-state index in [4.69, 9.17) is 14.4 Å². The first-order valence-electron chi connectivity index (χ1n) is 18.9. The number of hydrogen-bond acceptors (Lipinski definition) is 4. The van der Waals surface area contributed by atoms with Gasteiger partial charge in [0.25, 0.3) is 0 Å². The summed E-state index contributed by atoms with van der Waals surface area (Å²) in [4.78, 5) is 10.5. The van der Waals surface area contributed by atoms with E-state index in [0.717, 1.165) is 93.8 Å². The molecule has 5 heteroatoms. The first-order chi connectivity index (χ1) is 25.7. The SMILES string of the molecule is CC(C)(C)c1cc(-c2cc(-c3ccccc3)ccn2)cc(-c2cccc3c2nc2c4c(O)c(C(C)(C)C)cc5oc6ccc7c(c(n32)=CC7(C)C)c6c54)c1. The molecule has 0 bridgehead atoms. The average molecular weight is 706 g/mol. The lowest BCUT2D eigenvalue weighted by molar-refractivity contribution is 0.452. The maximum absolute atomic E-state index is 12.4. The molecule has 0 atom stereocenters. The summed E-state index contributed by atoms with van der Waals surface area (Å²) in [6.45, 7) is 17.7. The second-order valence-electron chi connectivity index (χ2n) is 17.8. The van der Waals surface area contributed by atoms with Crippen molar-refractivity contribution in [1.29, 1.82) is 0 Å². The minimum Gasteiger partial charge on any atom is -0.507 e. The van der Waals surface area contributed by atoms with Crippen molar-refractivity contribution in [3.63, 3.8) is 0 Å². The Hall–Kier alpha value is -5.94. The molecular formula is C49H43N3O2. The lowest BCUT2D eigenvalue weighted by Crippen LogP contribution is -2.13. The molecule has 0 radical (unpaired) electrons. The van der Waals surface area contributed by atoms with Crippen LogP contribution < -0.4 is 5.35 Å². The van der Waals surface area contributed by atoms with Crippen LogP contribution >= 0.6 is 0 Å². The lowest BCUT2D eigenvalue weighted by atomic mass is 9.83. The lowest BCUT2D eigenvalue weighted by Gasteiger charge is -2.22. The van der Waals surface area contributed by atoms with Gasteiger partial charge in [0.05, 0.1) is 27.5 Å². The molecule has 0 aliphatic heterocycles. The van der Waals surface area contributed by atoms with Crippen molar-refractivity contribution in [3.8, 4) is 39.3 Å². The van der Waals surface area contributed by atoms with Crippen LogP contribution in [0.3, 0.4) is 0 Å². The zero-order chi connectivity index (χ0) is 37.5. The van der Waals surface area contributed by atoms with Gasteiger partial charge in [-0.25, -0.2) is 4.98 Å². The summed E-state index contributed by atoms with van der Waals surface area (Å²) in [6.07, 6.45) is 4.27. The van der Waals surface area contributed by atoms with E-state index in [1.807, 2.05) is 18.3 Å². The van der Waals surface area contributed by atoms with Gasteiger partial charge < -0.3 is 9.52 Å². The maximum Gasteiger partial charge on any atom is 0.150 e. The Morgan fingerprint density at radius 3 is 2.19 bits per heavy atom. The molecule has 10 rings (SSSR count). The number of fused-ring (bicyclic) bond motifs is 5. The van der Waals surface area contributed by atoms with Gasteiger partial charge in [0.15, 0.2) is 0 Å². The maximum atomic E-state index is 12.4. The largest absolute Gasteiger partial charge is 0.507 e. The van der Waals surface area contributed by atoms with Crippen LogP contribution in [-0.4, -0.2) is 19.5 Å². The van der Waals surface area contributed by atoms with E-state index in [1.54, 1.807) is 0 Å². The van der Waals surface area contributed by atoms with E-state index in [9.17, 15) is 5.11 Å². The number of phenolic OH excluding ortho intramolecular Hbond substituents is 1. The second-order valence-corrected chi connectivity index (χ2v) is 17.8. The normalized spacial score (nSPS) is 14.3. The summed E-state index contributed by atoms with van der Waals surface area (Å²) < 4.78 is 8.94. The van der Waals surface area contributed by atoms with Crippen LogP contribution in [0, 0.1) is 0 Å². The molecule has 5 aromatic carbocycles. The molecule has 9 aromatic rings. The van der Waals surface area contributed by atoms with Gasteiger partial charge in [0, 0.05) is 44.5 Å². The predicted molar refractivity (Wildman–Crippen MR) is 223 cm³/mol. The van der Waals surface area contributed by atoms with Gasteiger partial charge in [0.2, 0.25) is 0 Å². The third kappa shape index (κ3) is 4.63. The highest BCUT2D eigenvalue weighted by atomic mass is 16.3. The molecule has 1 N–H and O–H groups in total. The zero-order valence-corrected chi connectivity index (χ0v) is 32.1. The van der Waals surface area contributed by atoms with Gasteiger partial charge in [-0.3, -0.25) is 9.38 Å². The second kappa shape index (κ2) is 10.8. The van der Waals surface area contributed by atoms with E-state index in [0.29, 0.717) is 0 Å². The van der Waals surface area contributed by atoms with Gasteiger partial charge in [-0.15, -0.1) is 0 Å². The minimum atomic E-state index is -0.330. The Labute approximate surface area is 314 Å². The number of rotatable bonds is 3. The summed E-state index contributed by atoms with van der Waals surface area (Å²) in [5.74, 6) is 0.259. The number of pyridine rings is 1. The number of phenols is 1. The molecule has 0 spiro atoms. The quantitative estimate of drug-likeness (QED) is 0.199. The van der Waals surface area contributed by atoms with Crippen molar-refractivity contribution in [1.82, 2.24) is 14.4 Å². The molecule has 0 amide bonds. The van der Waals surface area contributed by atoms with Gasteiger partial charge in [-0.05, 0) is 87.2 Å². The Morgan fingerprint density at radius 2 is 1.43 bits per heavy atom. The number of nitrogens with zero attached hydrogens (tertiary/aromatic N) is 3. The van der Waals surface area contributed by atoms with E-state index in [1.165, 1.54) is 11.1 Å². The van der Waals surface area contributed by atoms with Gasteiger partial charge in [-0.2, -0.15) is 0 Å². The van der Waals surface area contributed by atoms with Crippen molar-refractivity contribution >= 4 is 55.5 Å². The number of furan rings is 1. The van der Waals surface area contributed by atoms with E-state index < -0.39 is 0 Å². The summed E-state index contributed by atoms with van der Waals surface area (Å²) >= 11 is 0. The molecule has 0 unspecified atom stereocenters. The molecule has 0 saturated carbocycles. The summed E-state index contributed by atoms with van der Waals surface area (Å²) in [5, 5.41) is 17.3. The Morgan fingerprint density at radius 1 is 0.667 bits per heavy atom. The van der Waals surface area contributed by atoms with Crippen molar-refractivity contribution in [3.05, 3.63) is 125 Å². The highest BCUT2D eigenvalue weighted by Gasteiger charge is 2.33. The minimum absolute atomic E-state index is 0.112. The van der Waals surface area contributed by atoms with Gasteiger partial charge in [-0.1, -0.05) is 110 Å². The van der Waals surface area contributed by atoms with Crippen LogP contribution in [0.4, 0.5) is 0 Å².